The van der Waals surface area contributed by atoms with Gasteiger partial charge in [-0.25, -0.2) is 9.97 Å². The Labute approximate surface area is 87.9 Å². The first-order valence-electron chi connectivity index (χ1n) is 4.74. The zero-order valence-corrected chi connectivity index (χ0v) is 9.50. The molecule has 0 spiro atoms. The van der Waals surface area contributed by atoms with E-state index >= 15 is 0 Å². The summed E-state index contributed by atoms with van der Waals surface area (Å²) >= 11 is 3.63. The number of rotatable bonds is 5. The average Bonchev–Trinajstić information content (AvgIpc) is 2.19. The molecular weight excluding hydrogens is 228 g/mol. The summed E-state index contributed by atoms with van der Waals surface area (Å²) in [6.45, 7) is 2.22. The first kappa shape index (κ1) is 10.6. The lowest BCUT2D eigenvalue weighted by molar-refractivity contribution is 0.656. The van der Waals surface area contributed by atoms with Crippen molar-refractivity contribution in [3.8, 4) is 0 Å². The summed E-state index contributed by atoms with van der Waals surface area (Å²) in [7, 11) is 0. The molecule has 2 nitrogen and oxygen atoms in total. The normalized spacial score (nSPS) is 12.8. The molecule has 0 bridgehead atoms. The summed E-state index contributed by atoms with van der Waals surface area (Å²) in [5.41, 5.74) is 1.09. The molecule has 1 aromatic rings. The monoisotopic (exact) mass is 242 g/mol. The van der Waals surface area contributed by atoms with Crippen LogP contribution in [-0.4, -0.2) is 9.97 Å². The number of hydrogen-bond donors (Lipinski definition) is 0. The first-order chi connectivity index (χ1) is 6.34. The topological polar surface area (TPSA) is 25.8 Å². The molecule has 0 aliphatic carbocycles. The number of aromatic nitrogens is 2. The van der Waals surface area contributed by atoms with E-state index in [1.165, 1.54) is 19.3 Å². The van der Waals surface area contributed by atoms with Crippen LogP contribution < -0.4 is 0 Å². The Kier molecular flexibility index (Phi) is 4.98. The number of hydrogen-bond acceptors (Lipinski definition) is 2. The summed E-state index contributed by atoms with van der Waals surface area (Å²) in [5, 5.41) is 0. The molecular formula is C10H15BrN2. The fourth-order valence-corrected chi connectivity index (χ4v) is 1.80. The van der Waals surface area contributed by atoms with Crippen LogP contribution in [0, 0.1) is 0 Å². The van der Waals surface area contributed by atoms with Crippen molar-refractivity contribution in [2.75, 3.05) is 0 Å². The minimum atomic E-state index is 0.391. The van der Waals surface area contributed by atoms with Gasteiger partial charge in [-0.15, -0.1) is 0 Å². The number of nitrogens with zero attached hydrogens (tertiary/aromatic N) is 2. The molecule has 13 heavy (non-hydrogen) atoms. The van der Waals surface area contributed by atoms with Gasteiger partial charge in [0, 0.05) is 6.20 Å². The fraction of sp³-hybridized carbons (Fsp3) is 0.600. The molecule has 0 saturated carbocycles. The second-order valence-corrected chi connectivity index (χ2v) is 4.20. The maximum absolute atomic E-state index is 4.20. The van der Waals surface area contributed by atoms with Crippen LogP contribution in [0.3, 0.4) is 0 Å². The molecule has 0 N–H and O–H groups in total. The van der Waals surface area contributed by atoms with Crippen molar-refractivity contribution in [1.82, 2.24) is 9.97 Å². The number of unbranched alkanes of at least 4 members (excludes halogenated alkanes) is 2. The molecule has 1 aromatic heterocycles. The quantitative estimate of drug-likeness (QED) is 0.584. The maximum Gasteiger partial charge on any atom is 0.115 e. The van der Waals surface area contributed by atoms with Gasteiger partial charge in [-0.3, -0.25) is 0 Å². The molecule has 1 rings (SSSR count). The zero-order valence-electron chi connectivity index (χ0n) is 7.91. The van der Waals surface area contributed by atoms with E-state index in [9.17, 15) is 0 Å². The zero-order chi connectivity index (χ0) is 9.52. The SMILES string of the molecule is CCCCCC(Br)c1ccncn1. The minimum absolute atomic E-state index is 0.391. The van der Waals surface area contributed by atoms with E-state index in [0.717, 1.165) is 12.1 Å². The van der Waals surface area contributed by atoms with Crippen LogP contribution in [0.2, 0.25) is 0 Å². The summed E-state index contributed by atoms with van der Waals surface area (Å²) in [4.78, 5) is 8.48. The van der Waals surface area contributed by atoms with Crippen molar-refractivity contribution in [2.45, 2.75) is 37.4 Å². The Hall–Kier alpha value is -0.440. The summed E-state index contributed by atoms with van der Waals surface area (Å²) in [5.74, 6) is 0. The highest BCUT2D eigenvalue weighted by Gasteiger charge is 2.06. The maximum atomic E-state index is 4.20. The third kappa shape index (κ3) is 3.85. The Morgan fingerprint density at radius 1 is 1.46 bits per heavy atom. The van der Waals surface area contributed by atoms with Gasteiger partial charge in [0.2, 0.25) is 0 Å². The van der Waals surface area contributed by atoms with E-state index in [-0.39, 0.29) is 0 Å². The highest BCUT2D eigenvalue weighted by Crippen LogP contribution is 2.26. The van der Waals surface area contributed by atoms with Gasteiger partial charge < -0.3 is 0 Å². The van der Waals surface area contributed by atoms with Gasteiger partial charge in [0.15, 0.2) is 0 Å². The standard InChI is InChI=1S/C10H15BrN2/c1-2-3-4-5-9(11)10-6-7-12-8-13-10/h6-9H,2-5H2,1H3. The Morgan fingerprint density at radius 3 is 2.92 bits per heavy atom. The fourth-order valence-electron chi connectivity index (χ4n) is 1.21. The van der Waals surface area contributed by atoms with Gasteiger partial charge in [0.05, 0.1) is 10.5 Å². The van der Waals surface area contributed by atoms with E-state index in [1.54, 1.807) is 12.5 Å². The second kappa shape index (κ2) is 6.08. The molecule has 0 fully saturated rings. The van der Waals surface area contributed by atoms with E-state index < -0.39 is 0 Å². The van der Waals surface area contributed by atoms with E-state index in [0.29, 0.717) is 4.83 Å². The lowest BCUT2D eigenvalue weighted by Crippen LogP contribution is -1.94. The van der Waals surface area contributed by atoms with Crippen LogP contribution >= 0.6 is 15.9 Å². The molecule has 1 atom stereocenters. The highest BCUT2D eigenvalue weighted by atomic mass is 79.9. The summed E-state index contributed by atoms with van der Waals surface area (Å²) in [6, 6.07) is 1.96. The van der Waals surface area contributed by atoms with Crippen LogP contribution in [-0.2, 0) is 0 Å². The molecule has 3 heteroatoms. The van der Waals surface area contributed by atoms with Crippen LogP contribution in [0.4, 0.5) is 0 Å². The highest BCUT2D eigenvalue weighted by molar-refractivity contribution is 9.09. The second-order valence-electron chi connectivity index (χ2n) is 3.10. The molecule has 0 saturated heterocycles. The van der Waals surface area contributed by atoms with Gasteiger partial charge >= 0.3 is 0 Å². The van der Waals surface area contributed by atoms with Crippen LogP contribution in [0.25, 0.3) is 0 Å². The van der Waals surface area contributed by atoms with Crippen molar-refractivity contribution in [2.24, 2.45) is 0 Å². The average molecular weight is 243 g/mol. The molecule has 0 amide bonds. The van der Waals surface area contributed by atoms with Gasteiger partial charge in [-0.2, -0.15) is 0 Å². The largest absolute Gasteiger partial charge is 0.245 e. The Morgan fingerprint density at radius 2 is 2.31 bits per heavy atom. The molecule has 1 heterocycles. The predicted octanol–water partition coefficient (Wildman–Crippen LogP) is 3.49. The van der Waals surface area contributed by atoms with Crippen LogP contribution in [0.1, 0.15) is 43.1 Å². The molecule has 0 aromatic carbocycles. The van der Waals surface area contributed by atoms with Crippen molar-refractivity contribution in [3.05, 3.63) is 24.3 Å². The third-order valence-corrected chi connectivity index (χ3v) is 2.91. The molecule has 72 valence electrons. The molecule has 0 aliphatic heterocycles. The smallest absolute Gasteiger partial charge is 0.115 e. The van der Waals surface area contributed by atoms with E-state index in [2.05, 4.69) is 32.8 Å². The molecule has 0 aliphatic rings. The van der Waals surface area contributed by atoms with Gasteiger partial charge in [0.25, 0.3) is 0 Å². The summed E-state index contributed by atoms with van der Waals surface area (Å²) < 4.78 is 0. The number of halogens is 1. The predicted molar refractivity (Wildman–Crippen MR) is 57.8 cm³/mol. The third-order valence-electron chi connectivity index (χ3n) is 1.99. The number of alkyl halides is 1. The van der Waals surface area contributed by atoms with Crippen molar-refractivity contribution in [3.63, 3.8) is 0 Å². The lowest BCUT2D eigenvalue weighted by Gasteiger charge is -2.07. The minimum Gasteiger partial charge on any atom is -0.245 e. The molecule has 1 unspecified atom stereocenters. The lowest BCUT2D eigenvalue weighted by atomic mass is 10.1. The van der Waals surface area contributed by atoms with Crippen molar-refractivity contribution in [1.29, 1.82) is 0 Å². The van der Waals surface area contributed by atoms with Crippen molar-refractivity contribution >= 4 is 15.9 Å². The Balaban J connectivity index is 2.35. The van der Waals surface area contributed by atoms with Gasteiger partial charge in [0.1, 0.15) is 6.33 Å². The van der Waals surface area contributed by atoms with E-state index in [1.807, 2.05) is 6.07 Å². The Bertz CT molecular complexity index is 226. The van der Waals surface area contributed by atoms with Crippen LogP contribution in [0.15, 0.2) is 18.6 Å². The van der Waals surface area contributed by atoms with Crippen molar-refractivity contribution < 1.29 is 0 Å². The van der Waals surface area contributed by atoms with Gasteiger partial charge in [-0.05, 0) is 12.5 Å². The molecule has 0 radical (unpaired) electrons. The first-order valence-corrected chi connectivity index (χ1v) is 5.66. The summed E-state index contributed by atoms with van der Waals surface area (Å²) in [6.07, 6.45) is 8.37. The van der Waals surface area contributed by atoms with Crippen LogP contribution in [0.5, 0.6) is 0 Å². The van der Waals surface area contributed by atoms with E-state index in [4.69, 9.17) is 0 Å². The van der Waals surface area contributed by atoms with Gasteiger partial charge in [-0.1, -0.05) is 42.1 Å².